The zero-order chi connectivity index (χ0) is 17.6. The van der Waals surface area contributed by atoms with E-state index in [2.05, 4.69) is 10.3 Å². The predicted molar refractivity (Wildman–Crippen MR) is 98.3 cm³/mol. The molecule has 3 aromatic rings. The number of nitrogens with one attached hydrogen (secondary N) is 1. The first-order valence-corrected chi connectivity index (χ1v) is 8.51. The minimum Gasteiger partial charge on any atom is -0.441 e. The lowest BCUT2D eigenvalue weighted by molar-refractivity contribution is -0.121. The molecule has 1 amide bonds. The number of aryl methyl sites for hydroxylation is 2. The summed E-state index contributed by atoms with van der Waals surface area (Å²) in [5, 5.41) is 3.59. The summed E-state index contributed by atoms with van der Waals surface area (Å²) >= 11 is 5.88. The third-order valence-electron chi connectivity index (χ3n) is 3.86. The van der Waals surface area contributed by atoms with Crippen LogP contribution in [0.3, 0.4) is 0 Å². The van der Waals surface area contributed by atoms with E-state index < -0.39 is 0 Å². The molecule has 0 aliphatic heterocycles. The molecule has 0 aliphatic rings. The van der Waals surface area contributed by atoms with Gasteiger partial charge in [-0.3, -0.25) is 4.79 Å². The van der Waals surface area contributed by atoms with E-state index >= 15 is 0 Å². The van der Waals surface area contributed by atoms with Gasteiger partial charge in [0.1, 0.15) is 0 Å². The molecule has 128 valence electrons. The summed E-state index contributed by atoms with van der Waals surface area (Å²) in [6.45, 7) is 2.57. The number of aromatic nitrogens is 1. The van der Waals surface area contributed by atoms with Crippen molar-refractivity contribution in [2.24, 2.45) is 0 Å². The number of rotatable bonds is 6. The maximum atomic E-state index is 12.0. The molecule has 4 nitrogen and oxygen atoms in total. The molecule has 0 radical (unpaired) electrons. The van der Waals surface area contributed by atoms with Crippen molar-refractivity contribution in [2.45, 2.75) is 26.3 Å². The minimum absolute atomic E-state index is 0.0215. The van der Waals surface area contributed by atoms with Crippen molar-refractivity contribution in [3.05, 3.63) is 76.8 Å². The van der Waals surface area contributed by atoms with E-state index in [9.17, 15) is 4.79 Å². The van der Waals surface area contributed by atoms with Crippen molar-refractivity contribution in [3.63, 3.8) is 0 Å². The Labute approximate surface area is 151 Å². The number of oxazole rings is 1. The van der Waals surface area contributed by atoms with Gasteiger partial charge in [-0.25, -0.2) is 4.98 Å². The first kappa shape index (κ1) is 17.2. The van der Waals surface area contributed by atoms with Gasteiger partial charge in [-0.05, 0) is 36.8 Å². The molecular weight excluding hydrogens is 336 g/mol. The number of nitrogens with zero attached hydrogens (tertiary/aromatic N) is 1. The molecule has 1 heterocycles. The number of hydrogen-bond donors (Lipinski definition) is 1. The van der Waals surface area contributed by atoms with E-state index in [0.717, 1.165) is 11.1 Å². The standard InChI is InChI=1S/C20H19ClN2O2/c1-14-2-4-15(5-3-14)12-22-19(24)10-11-20-23-13-18(25-20)16-6-8-17(21)9-7-16/h2-9,13H,10-12H2,1H3,(H,22,24). The molecule has 5 heteroatoms. The van der Waals surface area contributed by atoms with Crippen LogP contribution in [0.2, 0.25) is 5.02 Å². The summed E-state index contributed by atoms with van der Waals surface area (Å²) in [7, 11) is 0. The van der Waals surface area contributed by atoms with Gasteiger partial charge in [-0.15, -0.1) is 0 Å². The second kappa shape index (κ2) is 7.99. The van der Waals surface area contributed by atoms with Gasteiger partial charge < -0.3 is 9.73 Å². The number of amides is 1. The topological polar surface area (TPSA) is 55.1 Å². The highest BCUT2D eigenvalue weighted by Gasteiger charge is 2.09. The fourth-order valence-corrected chi connectivity index (χ4v) is 2.51. The Balaban J connectivity index is 1.49. The van der Waals surface area contributed by atoms with Crippen LogP contribution in [0.15, 0.2) is 59.1 Å². The summed E-state index contributed by atoms with van der Waals surface area (Å²) < 4.78 is 5.70. The van der Waals surface area contributed by atoms with Gasteiger partial charge >= 0.3 is 0 Å². The Morgan fingerprint density at radius 3 is 2.56 bits per heavy atom. The second-order valence-corrected chi connectivity index (χ2v) is 6.32. The van der Waals surface area contributed by atoms with E-state index in [1.165, 1.54) is 5.56 Å². The lowest BCUT2D eigenvalue weighted by atomic mass is 10.1. The van der Waals surface area contributed by atoms with Gasteiger partial charge in [0.25, 0.3) is 0 Å². The van der Waals surface area contributed by atoms with Crippen molar-refractivity contribution in [1.82, 2.24) is 10.3 Å². The van der Waals surface area contributed by atoms with Crippen molar-refractivity contribution < 1.29 is 9.21 Å². The Kier molecular flexibility index (Phi) is 5.51. The first-order valence-electron chi connectivity index (χ1n) is 8.13. The van der Waals surface area contributed by atoms with Gasteiger partial charge in [-0.1, -0.05) is 41.4 Å². The number of benzene rings is 2. The molecule has 0 unspecified atom stereocenters. The van der Waals surface area contributed by atoms with Crippen LogP contribution in [0.4, 0.5) is 0 Å². The third-order valence-corrected chi connectivity index (χ3v) is 4.11. The van der Waals surface area contributed by atoms with Crippen molar-refractivity contribution >= 4 is 17.5 Å². The average molecular weight is 355 g/mol. The minimum atomic E-state index is -0.0215. The maximum absolute atomic E-state index is 12.0. The lowest BCUT2D eigenvalue weighted by Gasteiger charge is -2.05. The van der Waals surface area contributed by atoms with Gasteiger partial charge in [0.05, 0.1) is 6.20 Å². The summed E-state index contributed by atoms with van der Waals surface area (Å²) in [5.74, 6) is 1.20. The second-order valence-electron chi connectivity index (χ2n) is 5.89. The third kappa shape index (κ3) is 4.94. The highest BCUT2D eigenvalue weighted by molar-refractivity contribution is 6.30. The number of hydrogen-bond acceptors (Lipinski definition) is 3. The summed E-state index contributed by atoms with van der Waals surface area (Å²) in [5.41, 5.74) is 3.20. The summed E-state index contributed by atoms with van der Waals surface area (Å²) in [6, 6.07) is 15.5. The molecule has 3 rings (SSSR count). The molecule has 25 heavy (non-hydrogen) atoms. The highest BCUT2D eigenvalue weighted by Crippen LogP contribution is 2.22. The zero-order valence-corrected chi connectivity index (χ0v) is 14.7. The van der Waals surface area contributed by atoms with E-state index in [0.29, 0.717) is 36.1 Å². The van der Waals surface area contributed by atoms with E-state index in [1.807, 2.05) is 43.3 Å². The van der Waals surface area contributed by atoms with Crippen LogP contribution in [-0.4, -0.2) is 10.9 Å². The Morgan fingerprint density at radius 2 is 1.84 bits per heavy atom. The van der Waals surface area contributed by atoms with Gasteiger partial charge in [0.2, 0.25) is 5.91 Å². The van der Waals surface area contributed by atoms with Crippen LogP contribution in [0.5, 0.6) is 0 Å². The van der Waals surface area contributed by atoms with Crippen LogP contribution in [-0.2, 0) is 17.8 Å². The first-order chi connectivity index (χ1) is 12.1. The van der Waals surface area contributed by atoms with E-state index in [-0.39, 0.29) is 5.91 Å². The van der Waals surface area contributed by atoms with E-state index in [4.69, 9.17) is 16.0 Å². The van der Waals surface area contributed by atoms with Crippen LogP contribution < -0.4 is 5.32 Å². The van der Waals surface area contributed by atoms with Gasteiger partial charge in [-0.2, -0.15) is 0 Å². The molecule has 0 saturated carbocycles. The van der Waals surface area contributed by atoms with Crippen molar-refractivity contribution in [2.75, 3.05) is 0 Å². The van der Waals surface area contributed by atoms with Gasteiger partial charge in [0.15, 0.2) is 11.7 Å². The monoisotopic (exact) mass is 354 g/mol. The van der Waals surface area contributed by atoms with Crippen LogP contribution in [0.25, 0.3) is 11.3 Å². The van der Waals surface area contributed by atoms with E-state index in [1.54, 1.807) is 18.3 Å². The lowest BCUT2D eigenvalue weighted by Crippen LogP contribution is -2.23. The molecule has 0 bridgehead atoms. The Bertz CT molecular complexity index is 839. The molecule has 2 aromatic carbocycles. The molecule has 0 saturated heterocycles. The number of carbonyl (C=O) groups excluding carboxylic acids is 1. The molecule has 0 fully saturated rings. The smallest absolute Gasteiger partial charge is 0.220 e. The molecule has 0 spiro atoms. The van der Waals surface area contributed by atoms with Crippen LogP contribution >= 0.6 is 11.6 Å². The fourth-order valence-electron chi connectivity index (χ4n) is 2.39. The molecule has 0 aliphatic carbocycles. The molecule has 1 aromatic heterocycles. The summed E-state index contributed by atoms with van der Waals surface area (Å²) in [4.78, 5) is 16.2. The molecule has 0 atom stereocenters. The number of halogens is 1. The Morgan fingerprint density at radius 1 is 1.12 bits per heavy atom. The largest absolute Gasteiger partial charge is 0.441 e. The quantitative estimate of drug-likeness (QED) is 0.706. The molecular formula is C20H19ClN2O2. The highest BCUT2D eigenvalue weighted by atomic mass is 35.5. The average Bonchev–Trinajstić information content (AvgIpc) is 3.09. The number of carbonyl (C=O) groups is 1. The van der Waals surface area contributed by atoms with Gasteiger partial charge in [0, 0.05) is 30.0 Å². The fraction of sp³-hybridized carbons (Fsp3) is 0.200. The predicted octanol–water partition coefficient (Wildman–Crippen LogP) is 4.55. The van der Waals surface area contributed by atoms with Crippen LogP contribution in [0, 0.1) is 6.92 Å². The SMILES string of the molecule is Cc1ccc(CNC(=O)CCc2ncc(-c3ccc(Cl)cc3)o2)cc1. The van der Waals surface area contributed by atoms with Crippen molar-refractivity contribution in [3.8, 4) is 11.3 Å². The van der Waals surface area contributed by atoms with Crippen LogP contribution in [0.1, 0.15) is 23.4 Å². The normalized spacial score (nSPS) is 10.6. The van der Waals surface area contributed by atoms with Crippen molar-refractivity contribution in [1.29, 1.82) is 0 Å². The zero-order valence-electron chi connectivity index (χ0n) is 14.0. The Hall–Kier alpha value is -2.59. The molecule has 1 N–H and O–H groups in total. The maximum Gasteiger partial charge on any atom is 0.220 e. The summed E-state index contributed by atoms with van der Waals surface area (Å²) in [6.07, 6.45) is 2.47.